The van der Waals surface area contributed by atoms with Crippen LogP contribution in [0.1, 0.15) is 121 Å². The highest BCUT2D eigenvalue weighted by Crippen LogP contribution is 2.38. The number of aliphatic hydroxyl groups is 2. The van der Waals surface area contributed by atoms with Crippen LogP contribution in [0, 0.1) is 11.8 Å². The number of rotatable bonds is 29. The molecule has 3 heterocycles. The molecule has 3 aliphatic heterocycles. The summed E-state index contributed by atoms with van der Waals surface area (Å²) >= 11 is 0. The van der Waals surface area contributed by atoms with E-state index in [0.717, 1.165) is 38.5 Å². The van der Waals surface area contributed by atoms with Crippen molar-refractivity contribution in [2.24, 2.45) is 11.8 Å². The standard InChI is InChI=1S/C72H78O20/c1-4-5-6-7-8-9-10-29-42-81-70-58(74)61(57(73)55(86-70)44-84-71-59(88-66(77)50-34-21-13-22-35-50)47(3)46(2)54(85-71)43-82-64(75)48-30-17-11-18-31-48)92-72-63(91-69(80)53-40-27-16-28-41-53)62(90-68(79)52-38-25-15-26-39-52)60(89-67(78)51-36-23-14-24-37-51)56(87-72)45-83-65(76)49-32-19-12-20-33-49/h4,11-28,30-41,46-47,54-63,70-74H,1,5-10,29,42-45H2,2-3H3. The summed E-state index contributed by atoms with van der Waals surface area (Å²) in [7, 11) is 0. The van der Waals surface area contributed by atoms with Gasteiger partial charge in [0.15, 0.2) is 43.3 Å². The summed E-state index contributed by atoms with van der Waals surface area (Å²) < 4.78 is 75.8. The van der Waals surface area contributed by atoms with E-state index in [1.54, 1.807) is 133 Å². The molecular formula is C72H78O20. The first kappa shape index (κ1) is 67.9. The molecule has 3 saturated heterocycles. The number of hydrogen-bond donors (Lipinski definition) is 2. The number of esters is 6. The molecule has 9 rings (SSSR count). The quantitative estimate of drug-likeness (QED) is 0.0192. The van der Waals surface area contributed by atoms with Gasteiger partial charge in [-0.05, 0) is 98.0 Å². The van der Waals surface area contributed by atoms with Crippen molar-refractivity contribution in [1.29, 1.82) is 0 Å². The average molecular weight is 1260 g/mol. The molecule has 3 aliphatic rings. The van der Waals surface area contributed by atoms with Crippen LogP contribution in [0.4, 0.5) is 0 Å². The van der Waals surface area contributed by atoms with Gasteiger partial charge in [-0.3, -0.25) is 0 Å². The van der Waals surface area contributed by atoms with Crippen LogP contribution in [0.25, 0.3) is 0 Å². The molecule has 0 amide bonds. The van der Waals surface area contributed by atoms with E-state index in [1.807, 2.05) is 19.9 Å². The van der Waals surface area contributed by atoms with Gasteiger partial charge in [-0.15, -0.1) is 6.58 Å². The molecular weight excluding hydrogens is 1180 g/mol. The summed E-state index contributed by atoms with van der Waals surface area (Å²) in [5.74, 6) is -5.84. The zero-order valence-corrected chi connectivity index (χ0v) is 51.3. The molecule has 486 valence electrons. The van der Waals surface area contributed by atoms with Crippen molar-refractivity contribution in [2.75, 3.05) is 26.4 Å². The van der Waals surface area contributed by atoms with Gasteiger partial charge in [0, 0.05) is 12.5 Å². The molecule has 6 aromatic carbocycles. The number of carbonyl (C=O) groups excluding carboxylic acids is 6. The Morgan fingerprint density at radius 1 is 0.380 bits per heavy atom. The largest absolute Gasteiger partial charge is 0.459 e. The predicted molar refractivity (Wildman–Crippen MR) is 332 cm³/mol. The number of hydrogen-bond acceptors (Lipinski definition) is 20. The van der Waals surface area contributed by atoms with Gasteiger partial charge in [0.05, 0.1) is 46.1 Å². The van der Waals surface area contributed by atoms with Crippen molar-refractivity contribution in [3.63, 3.8) is 0 Å². The fraction of sp³-hybridized carbons (Fsp3) is 0.389. The lowest BCUT2D eigenvalue weighted by Crippen LogP contribution is -2.66. The monoisotopic (exact) mass is 1260 g/mol. The van der Waals surface area contributed by atoms with Crippen molar-refractivity contribution in [1.82, 2.24) is 0 Å². The van der Waals surface area contributed by atoms with Crippen LogP contribution in [-0.2, 0) is 56.8 Å². The highest BCUT2D eigenvalue weighted by molar-refractivity contribution is 5.92. The predicted octanol–water partition coefficient (Wildman–Crippen LogP) is 10.1. The second-order valence-corrected chi connectivity index (χ2v) is 22.7. The lowest BCUT2D eigenvalue weighted by atomic mass is 9.83. The van der Waals surface area contributed by atoms with Crippen LogP contribution in [0.15, 0.2) is 195 Å². The molecule has 15 unspecified atom stereocenters. The van der Waals surface area contributed by atoms with Gasteiger partial charge in [-0.2, -0.15) is 0 Å². The number of unbranched alkanes of at least 4 members (excludes halogenated alkanes) is 6. The van der Waals surface area contributed by atoms with E-state index in [9.17, 15) is 39.0 Å². The second kappa shape index (κ2) is 34.3. The van der Waals surface area contributed by atoms with E-state index >= 15 is 0 Å². The summed E-state index contributed by atoms with van der Waals surface area (Å²) in [5, 5.41) is 25.2. The lowest BCUT2D eigenvalue weighted by Gasteiger charge is -2.48. The molecule has 15 atom stereocenters. The first-order valence-corrected chi connectivity index (χ1v) is 31.1. The molecule has 0 aliphatic carbocycles. The minimum absolute atomic E-state index is 0.0303. The molecule has 0 saturated carbocycles. The zero-order chi connectivity index (χ0) is 64.8. The maximum atomic E-state index is 14.5. The molecule has 92 heavy (non-hydrogen) atoms. The van der Waals surface area contributed by atoms with Crippen molar-refractivity contribution < 1.29 is 95.8 Å². The molecule has 0 spiro atoms. The Bertz CT molecular complexity index is 3280. The smallest absolute Gasteiger partial charge is 0.338 e. The van der Waals surface area contributed by atoms with Gasteiger partial charge in [0.25, 0.3) is 0 Å². The van der Waals surface area contributed by atoms with Crippen LogP contribution in [0.5, 0.6) is 0 Å². The van der Waals surface area contributed by atoms with Crippen molar-refractivity contribution >= 4 is 35.8 Å². The van der Waals surface area contributed by atoms with E-state index in [-0.39, 0.29) is 46.9 Å². The third kappa shape index (κ3) is 18.4. The Kier molecular flexibility index (Phi) is 25.3. The topological polar surface area (TPSA) is 254 Å². The Morgan fingerprint density at radius 3 is 1.23 bits per heavy atom. The normalized spacial score (nSPS) is 26.1. The SMILES string of the molecule is C=CCCCCCCCCOC1OC(COC2OC(COC(=O)c3ccccc3)C(C)C(C)C2OC(=O)c2ccccc2)C(O)C(OC2OC(COC(=O)c3ccccc3)C(OC(=O)c3ccccc3)C(OC(=O)c3ccccc3)C2OC(=O)c2ccccc2)C1O. The van der Waals surface area contributed by atoms with Gasteiger partial charge in [-0.25, -0.2) is 28.8 Å². The molecule has 0 bridgehead atoms. The molecule has 20 nitrogen and oxygen atoms in total. The molecule has 0 aromatic heterocycles. The number of carbonyl (C=O) groups is 6. The van der Waals surface area contributed by atoms with Crippen LogP contribution >= 0.6 is 0 Å². The number of aliphatic hydroxyl groups excluding tert-OH is 2. The average Bonchev–Trinajstić information content (AvgIpc) is 0.790. The first-order chi connectivity index (χ1) is 44.8. The molecule has 3 fully saturated rings. The highest BCUT2D eigenvalue weighted by Gasteiger charge is 2.57. The summed E-state index contributed by atoms with van der Waals surface area (Å²) in [5.41, 5.74) is 0.863. The van der Waals surface area contributed by atoms with Crippen LogP contribution in [-0.4, -0.2) is 152 Å². The van der Waals surface area contributed by atoms with Crippen molar-refractivity contribution in [3.05, 3.63) is 228 Å². The second-order valence-electron chi connectivity index (χ2n) is 22.7. The summed E-state index contributed by atoms with van der Waals surface area (Å²) in [6.45, 7) is 6.12. The van der Waals surface area contributed by atoms with E-state index in [2.05, 4.69) is 6.58 Å². The Hall–Kier alpha value is -8.44. The van der Waals surface area contributed by atoms with E-state index in [1.165, 1.54) is 48.5 Å². The molecule has 0 radical (unpaired) electrons. The van der Waals surface area contributed by atoms with Gasteiger partial charge in [0.1, 0.15) is 43.7 Å². The molecule has 20 heteroatoms. The van der Waals surface area contributed by atoms with Gasteiger partial charge < -0.3 is 67.1 Å². The van der Waals surface area contributed by atoms with Crippen LogP contribution in [0.3, 0.4) is 0 Å². The van der Waals surface area contributed by atoms with E-state index < -0.39 is 135 Å². The number of benzene rings is 6. The van der Waals surface area contributed by atoms with Gasteiger partial charge >= 0.3 is 35.8 Å². The summed E-state index contributed by atoms with van der Waals surface area (Å²) in [6, 6.07) is 48.2. The Balaban J connectivity index is 1.06. The summed E-state index contributed by atoms with van der Waals surface area (Å²) in [6.07, 6.45) is -13.0. The van der Waals surface area contributed by atoms with Crippen LogP contribution < -0.4 is 0 Å². The third-order valence-corrected chi connectivity index (χ3v) is 16.3. The number of ether oxygens (including phenoxy) is 12. The fourth-order valence-electron chi connectivity index (χ4n) is 10.9. The van der Waals surface area contributed by atoms with Crippen molar-refractivity contribution in [2.45, 2.75) is 139 Å². The highest BCUT2D eigenvalue weighted by atomic mass is 16.8. The van der Waals surface area contributed by atoms with E-state index in [0.29, 0.717) is 12.0 Å². The third-order valence-electron chi connectivity index (χ3n) is 16.3. The number of allylic oxidation sites excluding steroid dienone is 1. The van der Waals surface area contributed by atoms with E-state index in [4.69, 9.17) is 56.8 Å². The zero-order valence-electron chi connectivity index (χ0n) is 51.3. The molecule has 2 N–H and O–H groups in total. The minimum atomic E-state index is -1.98. The summed E-state index contributed by atoms with van der Waals surface area (Å²) in [4.78, 5) is 84.0. The maximum absolute atomic E-state index is 14.5. The van der Waals surface area contributed by atoms with Crippen molar-refractivity contribution in [3.8, 4) is 0 Å². The fourth-order valence-corrected chi connectivity index (χ4v) is 10.9. The maximum Gasteiger partial charge on any atom is 0.338 e. The Morgan fingerprint density at radius 2 is 0.761 bits per heavy atom. The first-order valence-electron chi connectivity index (χ1n) is 31.1. The van der Waals surface area contributed by atoms with Crippen LogP contribution in [0.2, 0.25) is 0 Å². The lowest BCUT2D eigenvalue weighted by molar-refractivity contribution is -0.363. The molecule has 6 aromatic rings. The Labute approximate surface area is 534 Å². The minimum Gasteiger partial charge on any atom is -0.459 e. The van der Waals surface area contributed by atoms with Gasteiger partial charge in [0.2, 0.25) is 0 Å². The van der Waals surface area contributed by atoms with Gasteiger partial charge in [-0.1, -0.05) is 155 Å².